The van der Waals surface area contributed by atoms with Crippen molar-refractivity contribution in [3.05, 3.63) is 42.1 Å². The van der Waals surface area contributed by atoms with E-state index in [0.29, 0.717) is 11.5 Å². The second kappa shape index (κ2) is 9.09. The molecule has 11 heteroatoms. The molecule has 2 aromatic rings. The first-order valence-corrected chi connectivity index (χ1v) is 11.2. The van der Waals surface area contributed by atoms with Crippen LogP contribution in [-0.4, -0.2) is 56.1 Å². The van der Waals surface area contributed by atoms with Crippen LogP contribution >= 0.6 is 0 Å². The molecule has 0 saturated heterocycles. The Balaban J connectivity index is 2.06. The lowest BCUT2D eigenvalue weighted by atomic mass is 9.84. The van der Waals surface area contributed by atoms with Crippen LogP contribution in [0.2, 0.25) is 0 Å². The molecule has 0 radical (unpaired) electrons. The highest BCUT2D eigenvalue weighted by molar-refractivity contribution is 5.81. The molecule has 2 unspecified atom stereocenters. The maximum absolute atomic E-state index is 13.4. The van der Waals surface area contributed by atoms with Crippen molar-refractivity contribution in [1.82, 2.24) is 14.7 Å². The summed E-state index contributed by atoms with van der Waals surface area (Å²) in [5.74, 6) is -0.566. The molecule has 192 valence electrons. The number of aliphatic carboxylic acids is 1. The number of hydrogen-bond acceptors (Lipinski definition) is 5. The zero-order valence-electron chi connectivity index (χ0n) is 20.6. The fourth-order valence-electron chi connectivity index (χ4n) is 4.19. The van der Waals surface area contributed by atoms with Crippen molar-refractivity contribution < 1.29 is 32.6 Å². The Morgan fingerprint density at radius 3 is 2.14 bits per heavy atom. The van der Waals surface area contributed by atoms with Gasteiger partial charge in [0, 0.05) is 18.3 Å². The number of alkyl halides is 3. The van der Waals surface area contributed by atoms with Crippen LogP contribution in [0.15, 0.2) is 36.5 Å². The molecule has 1 aliphatic heterocycles. The third kappa shape index (κ3) is 5.88. The molecule has 1 aromatic heterocycles. The smallest absolute Gasteiger partial charge is 0.416 e. The van der Waals surface area contributed by atoms with Crippen molar-refractivity contribution >= 4 is 23.6 Å². The zero-order chi connectivity index (χ0) is 26.3. The summed E-state index contributed by atoms with van der Waals surface area (Å²) < 4.78 is 46.4. The van der Waals surface area contributed by atoms with E-state index in [4.69, 9.17) is 4.74 Å². The number of ether oxygens (including phenoxy) is 1. The SMILES string of the molecule is CC(C)(C)OC(=O)N(C1CN(c2ccc(C(F)(F)F)cc2)c2ccnn2C1)C(C(=O)O)C(C)(C)C. The number of halogens is 3. The van der Waals surface area contributed by atoms with Crippen molar-refractivity contribution in [2.75, 3.05) is 11.4 Å². The van der Waals surface area contributed by atoms with Crippen LogP contribution in [0.1, 0.15) is 47.1 Å². The average Bonchev–Trinajstić information content (AvgIpc) is 3.16. The van der Waals surface area contributed by atoms with Crippen LogP contribution in [0.5, 0.6) is 0 Å². The third-order valence-corrected chi connectivity index (χ3v) is 5.58. The fraction of sp³-hybridized carbons (Fsp3) is 0.542. The van der Waals surface area contributed by atoms with Gasteiger partial charge >= 0.3 is 18.2 Å². The van der Waals surface area contributed by atoms with Gasteiger partial charge < -0.3 is 14.7 Å². The van der Waals surface area contributed by atoms with Gasteiger partial charge in [0.25, 0.3) is 0 Å². The Labute approximate surface area is 202 Å². The number of carbonyl (C=O) groups is 2. The molecule has 2 heterocycles. The maximum Gasteiger partial charge on any atom is 0.416 e. The second-order valence-electron chi connectivity index (χ2n) is 10.7. The van der Waals surface area contributed by atoms with Crippen molar-refractivity contribution in [2.45, 2.75) is 71.9 Å². The van der Waals surface area contributed by atoms with Gasteiger partial charge in [0.2, 0.25) is 0 Å². The lowest BCUT2D eigenvalue weighted by Crippen LogP contribution is -2.61. The highest BCUT2D eigenvalue weighted by Crippen LogP contribution is 2.36. The molecule has 0 fully saturated rings. The van der Waals surface area contributed by atoms with Crippen molar-refractivity contribution in [3.8, 4) is 0 Å². The number of carboxylic acid groups (broad SMARTS) is 1. The molecular formula is C24H31F3N4O4. The van der Waals surface area contributed by atoms with Gasteiger partial charge in [-0.25, -0.2) is 14.3 Å². The van der Waals surface area contributed by atoms with Crippen molar-refractivity contribution in [1.29, 1.82) is 0 Å². The Morgan fingerprint density at radius 1 is 1.06 bits per heavy atom. The van der Waals surface area contributed by atoms with E-state index >= 15 is 0 Å². The average molecular weight is 497 g/mol. The van der Waals surface area contributed by atoms with Crippen LogP contribution in [0.4, 0.5) is 29.5 Å². The van der Waals surface area contributed by atoms with E-state index in [2.05, 4.69) is 5.10 Å². The number of carboxylic acids is 1. The summed E-state index contributed by atoms with van der Waals surface area (Å²) in [7, 11) is 0. The predicted molar refractivity (Wildman–Crippen MR) is 123 cm³/mol. The fourth-order valence-corrected chi connectivity index (χ4v) is 4.19. The lowest BCUT2D eigenvalue weighted by Gasteiger charge is -2.45. The van der Waals surface area contributed by atoms with Gasteiger partial charge in [0.15, 0.2) is 0 Å². The normalized spacial score (nSPS) is 17.5. The molecule has 0 bridgehead atoms. The number of benzene rings is 1. The van der Waals surface area contributed by atoms with Gasteiger partial charge in [0.1, 0.15) is 17.5 Å². The molecular weight excluding hydrogens is 465 g/mol. The van der Waals surface area contributed by atoms with Gasteiger partial charge in [-0.3, -0.25) is 4.90 Å². The number of carbonyl (C=O) groups excluding carboxylic acids is 1. The predicted octanol–water partition coefficient (Wildman–Crippen LogP) is 5.16. The topological polar surface area (TPSA) is 87.9 Å². The first-order valence-electron chi connectivity index (χ1n) is 11.2. The van der Waals surface area contributed by atoms with Gasteiger partial charge in [-0.2, -0.15) is 18.3 Å². The zero-order valence-corrected chi connectivity index (χ0v) is 20.6. The molecule has 1 aliphatic rings. The maximum atomic E-state index is 13.4. The number of fused-ring (bicyclic) bond motifs is 1. The van der Waals surface area contributed by atoms with Gasteiger partial charge in [-0.05, 0) is 50.5 Å². The highest BCUT2D eigenvalue weighted by Gasteiger charge is 2.46. The van der Waals surface area contributed by atoms with Crippen LogP contribution in [0, 0.1) is 5.41 Å². The number of hydrogen-bond donors (Lipinski definition) is 1. The molecule has 8 nitrogen and oxygen atoms in total. The van der Waals surface area contributed by atoms with E-state index in [9.17, 15) is 27.9 Å². The summed E-state index contributed by atoms with van der Waals surface area (Å²) in [5, 5.41) is 14.4. The first kappa shape index (κ1) is 26.4. The number of nitrogens with zero attached hydrogens (tertiary/aromatic N) is 4. The van der Waals surface area contributed by atoms with E-state index < -0.39 is 46.9 Å². The van der Waals surface area contributed by atoms with E-state index in [1.165, 1.54) is 17.0 Å². The van der Waals surface area contributed by atoms with Crippen LogP contribution in [0.25, 0.3) is 0 Å². The number of amides is 1. The first-order chi connectivity index (χ1) is 16.0. The Kier molecular flexibility index (Phi) is 6.84. The van der Waals surface area contributed by atoms with Gasteiger partial charge in [-0.1, -0.05) is 20.8 Å². The quantitative estimate of drug-likeness (QED) is 0.629. The summed E-state index contributed by atoms with van der Waals surface area (Å²) >= 11 is 0. The molecule has 1 amide bonds. The van der Waals surface area contributed by atoms with E-state index in [1.807, 2.05) is 0 Å². The number of anilines is 2. The summed E-state index contributed by atoms with van der Waals surface area (Å²) in [5.41, 5.74) is -2.03. The largest absolute Gasteiger partial charge is 0.480 e. The summed E-state index contributed by atoms with van der Waals surface area (Å²) in [6.45, 7) is 10.6. The summed E-state index contributed by atoms with van der Waals surface area (Å²) in [6.07, 6.45) is -3.71. The second-order valence-corrected chi connectivity index (χ2v) is 10.7. The number of aromatic nitrogens is 2. The minimum Gasteiger partial charge on any atom is -0.480 e. The van der Waals surface area contributed by atoms with Crippen molar-refractivity contribution in [3.63, 3.8) is 0 Å². The van der Waals surface area contributed by atoms with E-state index in [1.54, 1.807) is 63.4 Å². The van der Waals surface area contributed by atoms with Crippen LogP contribution in [0.3, 0.4) is 0 Å². The standard InChI is InChI=1S/C24H31F3N4O4/c1-22(2,3)19(20(32)33)31(21(34)35-23(4,5)6)17-13-29(18-11-12-28-30(18)14-17)16-9-7-15(8-10-16)24(25,26)27/h7-12,17,19H,13-14H2,1-6H3,(H,32,33). The molecule has 35 heavy (non-hydrogen) atoms. The van der Waals surface area contributed by atoms with Gasteiger partial charge in [-0.15, -0.1) is 0 Å². The Bertz CT molecular complexity index is 1070. The molecule has 3 rings (SSSR count). The summed E-state index contributed by atoms with van der Waals surface area (Å²) in [6, 6.07) is 4.46. The minimum absolute atomic E-state index is 0.135. The molecule has 0 aliphatic carbocycles. The Hall–Kier alpha value is -3.24. The van der Waals surface area contributed by atoms with Gasteiger partial charge in [0.05, 0.1) is 24.3 Å². The van der Waals surface area contributed by atoms with Crippen LogP contribution < -0.4 is 4.90 Å². The molecule has 0 spiro atoms. The van der Waals surface area contributed by atoms with Crippen molar-refractivity contribution in [2.24, 2.45) is 5.41 Å². The minimum atomic E-state index is -4.47. The monoisotopic (exact) mass is 496 g/mol. The lowest BCUT2D eigenvalue weighted by molar-refractivity contribution is -0.149. The third-order valence-electron chi connectivity index (χ3n) is 5.58. The number of rotatable bonds is 4. The molecule has 0 saturated carbocycles. The Morgan fingerprint density at radius 2 is 1.66 bits per heavy atom. The molecule has 2 atom stereocenters. The molecule has 1 aromatic carbocycles. The highest BCUT2D eigenvalue weighted by atomic mass is 19.4. The van der Waals surface area contributed by atoms with E-state index in [-0.39, 0.29) is 13.1 Å². The van der Waals surface area contributed by atoms with Crippen LogP contribution in [-0.2, 0) is 22.3 Å². The van der Waals surface area contributed by atoms with E-state index in [0.717, 1.165) is 12.1 Å². The summed E-state index contributed by atoms with van der Waals surface area (Å²) in [4.78, 5) is 28.7. The molecule has 1 N–H and O–H groups in total.